The number of aliphatic hydroxyl groups is 4. The van der Waals surface area contributed by atoms with Gasteiger partial charge >= 0.3 is 0 Å². The third-order valence-electron chi connectivity index (χ3n) is 8.96. The van der Waals surface area contributed by atoms with E-state index in [-0.39, 0.29) is 18.4 Å². The highest BCUT2D eigenvalue weighted by Gasteiger charge is 2.52. The van der Waals surface area contributed by atoms with Crippen molar-refractivity contribution in [3.05, 3.63) is 0 Å². The van der Waals surface area contributed by atoms with Gasteiger partial charge in [-0.05, 0) is 27.7 Å². The van der Waals surface area contributed by atoms with Gasteiger partial charge in [0, 0.05) is 40.9 Å². The van der Waals surface area contributed by atoms with Gasteiger partial charge in [0.15, 0.2) is 25.2 Å². The van der Waals surface area contributed by atoms with E-state index in [4.69, 9.17) is 42.6 Å². The van der Waals surface area contributed by atoms with Gasteiger partial charge in [0.25, 0.3) is 0 Å². The molecule has 0 aliphatic carbocycles. The van der Waals surface area contributed by atoms with Crippen LogP contribution in [0.5, 0.6) is 0 Å². The van der Waals surface area contributed by atoms with Crippen molar-refractivity contribution in [1.82, 2.24) is 10.6 Å². The van der Waals surface area contributed by atoms with Gasteiger partial charge in [-0.15, -0.1) is 0 Å². The predicted octanol–water partition coefficient (Wildman–Crippen LogP) is -1.98. The van der Waals surface area contributed by atoms with Crippen molar-refractivity contribution in [2.45, 2.75) is 165 Å². The molecule has 2 amide bonds. The van der Waals surface area contributed by atoms with Crippen LogP contribution in [0.15, 0.2) is 0 Å². The van der Waals surface area contributed by atoms with Gasteiger partial charge in [-0.3, -0.25) is 9.59 Å². The summed E-state index contributed by atoms with van der Waals surface area (Å²) in [6.07, 6.45) is -15.5. The highest BCUT2D eigenvalue weighted by Crippen LogP contribution is 2.34. The van der Waals surface area contributed by atoms with Crippen molar-refractivity contribution in [3.8, 4) is 0 Å². The van der Waals surface area contributed by atoms with Gasteiger partial charge < -0.3 is 73.7 Å². The Bertz CT molecular complexity index is 1040. The van der Waals surface area contributed by atoms with Crippen molar-refractivity contribution >= 4 is 11.8 Å². The van der Waals surface area contributed by atoms with Crippen LogP contribution in [0, 0.1) is 0 Å². The Morgan fingerprint density at radius 3 is 1.45 bits per heavy atom. The van der Waals surface area contributed by atoms with E-state index in [1.54, 1.807) is 20.8 Å². The van der Waals surface area contributed by atoms with Crippen molar-refractivity contribution in [3.63, 3.8) is 0 Å². The van der Waals surface area contributed by atoms with Crippen LogP contribution in [-0.2, 0) is 52.2 Å². The Labute approximate surface area is 274 Å². The number of hydrogen-bond donors (Lipinski definition) is 6. The van der Waals surface area contributed by atoms with E-state index in [9.17, 15) is 30.0 Å². The lowest BCUT2D eigenvalue weighted by atomic mass is 9.96. The van der Waals surface area contributed by atoms with Crippen molar-refractivity contribution < 1.29 is 72.6 Å². The maximum absolute atomic E-state index is 12.3. The van der Waals surface area contributed by atoms with Crippen LogP contribution in [0.2, 0.25) is 0 Å². The third-order valence-corrected chi connectivity index (χ3v) is 8.96. The molecule has 18 unspecified atom stereocenters. The topological polar surface area (TPSA) is 222 Å². The molecule has 17 heteroatoms. The Morgan fingerprint density at radius 1 is 0.574 bits per heavy atom. The van der Waals surface area contributed by atoms with Crippen LogP contribution in [-0.4, -0.2) is 157 Å². The molecule has 0 aromatic heterocycles. The second-order valence-electron chi connectivity index (χ2n) is 12.8. The maximum Gasteiger partial charge on any atom is 0.217 e. The summed E-state index contributed by atoms with van der Waals surface area (Å²) in [4.78, 5) is 24.2. The molecule has 4 rings (SSSR count). The summed E-state index contributed by atoms with van der Waals surface area (Å²) in [5, 5.41) is 49.3. The molecule has 0 aromatic carbocycles. The fraction of sp³-hybridized carbons (Fsp3) is 0.933. The summed E-state index contributed by atoms with van der Waals surface area (Å²) in [5.41, 5.74) is 0. The first-order valence-electron chi connectivity index (χ1n) is 16.0. The lowest BCUT2D eigenvalue weighted by Crippen LogP contribution is -2.66. The number of amides is 2. The summed E-state index contributed by atoms with van der Waals surface area (Å²) in [6.45, 7) is 9.54. The lowest BCUT2D eigenvalue weighted by Gasteiger charge is -2.48. The number of ether oxygens (including phenoxy) is 9. The lowest BCUT2D eigenvalue weighted by molar-refractivity contribution is -0.355. The van der Waals surface area contributed by atoms with Crippen LogP contribution in [0.1, 0.15) is 54.4 Å². The molecule has 4 aliphatic rings. The summed E-state index contributed by atoms with van der Waals surface area (Å²) < 4.78 is 52.8. The van der Waals surface area contributed by atoms with Crippen molar-refractivity contribution in [1.29, 1.82) is 0 Å². The molecule has 4 fully saturated rings. The van der Waals surface area contributed by atoms with Gasteiger partial charge in [0.05, 0.1) is 36.6 Å². The van der Waals surface area contributed by atoms with E-state index in [1.807, 2.05) is 6.92 Å². The standard InChI is InChI=1S/C30H52N2O15/c1-11-9-17(19(31-15(5)33)27(40-8)41-11)45-30-24(38)22(36)26(14(4)44-30)47-28-20(32-16(6)34)18(10-12(2)42-28)46-29-23(37)21(35)25(39-7)13(3)43-29/h11-14,17-30,35-38H,9-10H2,1-8H3,(H,31,33)(H,32,34). The SMILES string of the molecule is COC1OC(C)CC(OC2OC(C)C(OC3OC(C)CC(OC4OC(C)C(OC)C(O)C4O)C3NC(C)=O)C(O)C2O)C1NC(C)=O. The number of hydrogen-bond acceptors (Lipinski definition) is 15. The first-order chi connectivity index (χ1) is 22.1. The Morgan fingerprint density at radius 2 is 1.00 bits per heavy atom. The van der Waals surface area contributed by atoms with E-state index < -0.39 is 110 Å². The van der Waals surface area contributed by atoms with Gasteiger partial charge in [-0.1, -0.05) is 0 Å². The zero-order chi connectivity index (χ0) is 34.7. The molecule has 0 aromatic rings. The van der Waals surface area contributed by atoms with Crippen molar-refractivity contribution in [2.24, 2.45) is 0 Å². The van der Waals surface area contributed by atoms with Crippen LogP contribution in [0.4, 0.5) is 0 Å². The van der Waals surface area contributed by atoms with E-state index in [0.29, 0.717) is 6.42 Å². The zero-order valence-electron chi connectivity index (χ0n) is 28.1. The van der Waals surface area contributed by atoms with Gasteiger partial charge in [-0.2, -0.15) is 0 Å². The molecule has 4 saturated heterocycles. The minimum Gasteiger partial charge on any atom is -0.387 e. The molecule has 47 heavy (non-hydrogen) atoms. The van der Waals surface area contributed by atoms with Crippen LogP contribution < -0.4 is 10.6 Å². The normalized spacial score (nSPS) is 47.7. The van der Waals surface area contributed by atoms with Gasteiger partial charge in [-0.25, -0.2) is 0 Å². The first-order valence-corrected chi connectivity index (χ1v) is 16.0. The van der Waals surface area contributed by atoms with E-state index in [2.05, 4.69) is 10.6 Å². The summed E-state index contributed by atoms with van der Waals surface area (Å²) in [6, 6.07) is -1.67. The third kappa shape index (κ3) is 8.97. The number of carbonyl (C=O) groups excluding carboxylic acids is 2. The number of aliphatic hydroxyl groups excluding tert-OH is 4. The van der Waals surface area contributed by atoms with E-state index in [1.165, 1.54) is 28.1 Å². The average Bonchev–Trinajstić information content (AvgIpc) is 2.99. The molecular formula is C30H52N2O15. The Kier molecular flexibility index (Phi) is 13.4. The monoisotopic (exact) mass is 680 g/mol. The van der Waals surface area contributed by atoms with Crippen molar-refractivity contribution in [2.75, 3.05) is 14.2 Å². The first kappa shape index (κ1) is 38.2. The molecule has 18 atom stereocenters. The molecule has 0 saturated carbocycles. The second kappa shape index (κ2) is 16.4. The molecule has 0 spiro atoms. The summed E-state index contributed by atoms with van der Waals surface area (Å²) in [5.74, 6) is -0.757. The number of rotatable bonds is 10. The van der Waals surface area contributed by atoms with Gasteiger partial charge in [0.2, 0.25) is 11.8 Å². The average molecular weight is 681 g/mol. The fourth-order valence-corrected chi connectivity index (χ4v) is 6.68. The van der Waals surface area contributed by atoms with Gasteiger partial charge in [0.1, 0.15) is 48.7 Å². The van der Waals surface area contributed by atoms with Crippen LogP contribution in [0.3, 0.4) is 0 Å². The molecule has 272 valence electrons. The van der Waals surface area contributed by atoms with E-state index in [0.717, 1.165) is 0 Å². The number of methoxy groups -OCH3 is 2. The van der Waals surface area contributed by atoms with Crippen LogP contribution >= 0.6 is 0 Å². The minimum atomic E-state index is -1.58. The number of nitrogens with one attached hydrogen (secondary N) is 2. The Balaban J connectivity index is 1.47. The molecule has 0 bridgehead atoms. The molecule has 4 heterocycles. The molecular weight excluding hydrogens is 628 g/mol. The fourth-order valence-electron chi connectivity index (χ4n) is 6.68. The highest BCUT2D eigenvalue weighted by atomic mass is 16.7. The summed E-state index contributed by atoms with van der Waals surface area (Å²) >= 11 is 0. The quantitative estimate of drug-likeness (QED) is 0.147. The molecule has 0 radical (unpaired) electrons. The maximum atomic E-state index is 12.3. The second-order valence-corrected chi connectivity index (χ2v) is 12.8. The predicted molar refractivity (Wildman–Crippen MR) is 158 cm³/mol. The smallest absolute Gasteiger partial charge is 0.217 e. The molecule has 4 aliphatic heterocycles. The largest absolute Gasteiger partial charge is 0.387 e. The summed E-state index contributed by atoms with van der Waals surface area (Å²) in [7, 11) is 2.84. The molecule has 6 N–H and O–H groups in total. The molecule has 17 nitrogen and oxygen atoms in total. The minimum absolute atomic E-state index is 0.259. The zero-order valence-corrected chi connectivity index (χ0v) is 28.1. The number of carbonyl (C=O) groups is 2. The Hall–Kier alpha value is -1.58. The van der Waals surface area contributed by atoms with Crippen LogP contribution in [0.25, 0.3) is 0 Å². The highest BCUT2D eigenvalue weighted by molar-refractivity contribution is 5.73. The van der Waals surface area contributed by atoms with E-state index >= 15 is 0 Å².